The van der Waals surface area contributed by atoms with Crippen molar-refractivity contribution in [2.75, 3.05) is 29.2 Å². The third-order valence-electron chi connectivity index (χ3n) is 7.33. The molecule has 2 aromatic heterocycles. The third-order valence-corrected chi connectivity index (χ3v) is 9.92. The Balaban J connectivity index is 1.44. The van der Waals surface area contributed by atoms with Crippen molar-refractivity contribution in [2.24, 2.45) is 10.9 Å². The summed E-state index contributed by atoms with van der Waals surface area (Å²) in [5, 5.41) is 7.11. The fraction of sp³-hybridized carbons (Fsp3) is 0.500. The number of pyridine rings is 1. The zero-order chi connectivity index (χ0) is 28.2. The zero-order valence-electron chi connectivity index (χ0n) is 23.2. The molecule has 3 aromatic rings. The molecule has 212 valence electrons. The van der Waals surface area contributed by atoms with Crippen LogP contribution in [0.15, 0.2) is 34.2 Å². The molecule has 1 aliphatic carbocycles. The minimum absolute atomic E-state index is 0.00737. The van der Waals surface area contributed by atoms with Crippen LogP contribution < -0.4 is 10.6 Å². The summed E-state index contributed by atoms with van der Waals surface area (Å²) < 4.78 is 34.0. The van der Waals surface area contributed by atoms with Crippen LogP contribution in [0, 0.1) is 12.8 Å². The summed E-state index contributed by atoms with van der Waals surface area (Å²) >= 11 is 1.63. The number of nitrogens with zero attached hydrogens (tertiary/aromatic N) is 4. The van der Waals surface area contributed by atoms with Gasteiger partial charge in [-0.15, -0.1) is 11.8 Å². The first kappa shape index (κ1) is 27.2. The van der Waals surface area contributed by atoms with Gasteiger partial charge in [-0.1, -0.05) is 6.07 Å². The van der Waals surface area contributed by atoms with E-state index in [0.717, 1.165) is 54.3 Å². The SMILES string of the molecule is Cc1nc2c(Nc3ccc(C4=NC(C)(C)CS4)cc3S(C)(=O)=O)cc(NC(=O)C3CC3)nc2n1C1CCCCO1. The molecule has 1 aromatic carbocycles. The number of hydrogen-bond donors (Lipinski definition) is 2. The van der Waals surface area contributed by atoms with Gasteiger partial charge in [0.15, 0.2) is 15.5 Å². The fourth-order valence-electron chi connectivity index (χ4n) is 5.12. The van der Waals surface area contributed by atoms with E-state index in [0.29, 0.717) is 35.0 Å². The highest BCUT2D eigenvalue weighted by molar-refractivity contribution is 8.14. The topological polar surface area (TPSA) is 128 Å². The van der Waals surface area contributed by atoms with Crippen LogP contribution in [0.25, 0.3) is 11.2 Å². The molecule has 0 radical (unpaired) electrons. The van der Waals surface area contributed by atoms with Crippen LogP contribution in [0.4, 0.5) is 17.2 Å². The maximum absolute atomic E-state index is 13.0. The highest BCUT2D eigenvalue weighted by Gasteiger charge is 2.31. The average Bonchev–Trinajstić information content (AvgIpc) is 3.61. The summed E-state index contributed by atoms with van der Waals surface area (Å²) in [6.45, 7) is 6.70. The van der Waals surface area contributed by atoms with Gasteiger partial charge in [-0.05, 0) is 65.0 Å². The fourth-order valence-corrected chi connectivity index (χ4v) is 7.14. The Morgan fingerprint density at radius 3 is 2.58 bits per heavy atom. The van der Waals surface area contributed by atoms with Crippen molar-refractivity contribution >= 4 is 60.9 Å². The first-order valence-corrected chi connectivity index (χ1v) is 16.5. The maximum Gasteiger partial charge on any atom is 0.228 e. The standard InChI is InChI=1S/C28H34N6O4S2/c1-16-29-24-20(30-19-11-10-18(13-21(19)40(4,36)37)27-33-28(2,3)15-39-27)14-22(32-26(35)17-8-9-17)31-25(24)34(16)23-7-5-6-12-38-23/h10-11,13-14,17,23H,5-9,12,15H2,1-4H3,(H2,30,31,32,35). The van der Waals surface area contributed by atoms with E-state index in [4.69, 9.17) is 19.7 Å². The number of anilines is 3. The number of thioether (sulfide) groups is 1. The number of ether oxygens (including phenoxy) is 1. The predicted molar refractivity (Wildman–Crippen MR) is 158 cm³/mol. The van der Waals surface area contributed by atoms with Crippen molar-refractivity contribution in [1.82, 2.24) is 14.5 Å². The molecule has 0 bridgehead atoms. The van der Waals surface area contributed by atoms with Crippen molar-refractivity contribution in [3.63, 3.8) is 0 Å². The summed E-state index contributed by atoms with van der Waals surface area (Å²) in [4.78, 5) is 27.2. The second kappa shape index (κ2) is 10.1. The van der Waals surface area contributed by atoms with E-state index < -0.39 is 9.84 Å². The van der Waals surface area contributed by atoms with E-state index in [1.807, 2.05) is 17.6 Å². The number of carbonyl (C=O) groups excluding carboxylic acids is 1. The van der Waals surface area contributed by atoms with E-state index in [-0.39, 0.29) is 28.5 Å². The van der Waals surface area contributed by atoms with Crippen molar-refractivity contribution in [3.05, 3.63) is 35.7 Å². The number of rotatable bonds is 7. The van der Waals surface area contributed by atoms with Gasteiger partial charge in [0.05, 0.1) is 26.9 Å². The molecule has 1 atom stereocenters. The monoisotopic (exact) mass is 582 g/mol. The highest BCUT2D eigenvalue weighted by atomic mass is 32.2. The van der Waals surface area contributed by atoms with Crippen LogP contribution in [-0.4, -0.2) is 58.1 Å². The Kier molecular flexibility index (Phi) is 6.90. The molecule has 2 aliphatic heterocycles. The Bertz CT molecular complexity index is 1640. The van der Waals surface area contributed by atoms with Gasteiger partial charge in [-0.3, -0.25) is 14.4 Å². The molecule has 40 heavy (non-hydrogen) atoms. The quantitative estimate of drug-likeness (QED) is 0.389. The lowest BCUT2D eigenvalue weighted by atomic mass is 10.1. The Morgan fingerprint density at radius 1 is 1.12 bits per heavy atom. The second-order valence-electron chi connectivity index (χ2n) is 11.5. The number of fused-ring (bicyclic) bond motifs is 1. The van der Waals surface area contributed by atoms with Crippen LogP contribution in [0.2, 0.25) is 0 Å². The molecular formula is C28H34N6O4S2. The van der Waals surface area contributed by atoms with Gasteiger partial charge < -0.3 is 15.4 Å². The Labute approximate surface area is 238 Å². The second-order valence-corrected chi connectivity index (χ2v) is 14.4. The van der Waals surface area contributed by atoms with Crippen LogP contribution in [0.3, 0.4) is 0 Å². The van der Waals surface area contributed by atoms with Gasteiger partial charge >= 0.3 is 0 Å². The number of aromatic nitrogens is 3. The molecular weight excluding hydrogens is 548 g/mol. The normalized spacial score (nSPS) is 20.9. The Morgan fingerprint density at radius 2 is 1.93 bits per heavy atom. The van der Waals surface area contributed by atoms with E-state index in [1.54, 1.807) is 30.0 Å². The molecule has 6 rings (SSSR count). The average molecular weight is 583 g/mol. The lowest BCUT2D eigenvalue weighted by molar-refractivity contribution is -0.117. The predicted octanol–water partition coefficient (Wildman–Crippen LogP) is 5.21. The third kappa shape index (κ3) is 5.48. The summed E-state index contributed by atoms with van der Waals surface area (Å²) in [6.07, 6.45) is 5.64. The summed E-state index contributed by atoms with van der Waals surface area (Å²) in [6, 6.07) is 7.06. The van der Waals surface area contributed by atoms with Gasteiger partial charge in [0.2, 0.25) is 5.91 Å². The molecule has 12 heteroatoms. The van der Waals surface area contributed by atoms with Crippen LogP contribution in [-0.2, 0) is 19.4 Å². The van der Waals surface area contributed by atoms with Crippen LogP contribution >= 0.6 is 11.8 Å². The molecule has 1 amide bonds. The number of benzene rings is 1. The summed E-state index contributed by atoms with van der Waals surface area (Å²) in [5.41, 5.74) is 2.72. The number of nitrogens with one attached hydrogen (secondary N) is 2. The van der Waals surface area contributed by atoms with Gasteiger partial charge in [-0.2, -0.15) is 0 Å². The van der Waals surface area contributed by atoms with Gasteiger partial charge in [0.25, 0.3) is 0 Å². The minimum Gasteiger partial charge on any atom is -0.358 e. The largest absolute Gasteiger partial charge is 0.358 e. The molecule has 2 N–H and O–H groups in total. The first-order valence-electron chi connectivity index (χ1n) is 13.6. The lowest BCUT2D eigenvalue weighted by Gasteiger charge is -2.25. The molecule has 4 heterocycles. The first-order chi connectivity index (χ1) is 19.0. The van der Waals surface area contributed by atoms with E-state index in [2.05, 4.69) is 24.5 Å². The molecule has 1 unspecified atom stereocenters. The van der Waals surface area contributed by atoms with Crippen molar-refractivity contribution < 1.29 is 17.9 Å². The lowest BCUT2D eigenvalue weighted by Crippen LogP contribution is -2.20. The molecule has 3 aliphatic rings. The van der Waals surface area contributed by atoms with Gasteiger partial charge in [0.1, 0.15) is 23.4 Å². The summed E-state index contributed by atoms with van der Waals surface area (Å²) in [7, 11) is -3.60. The number of imidazole rings is 1. The number of aliphatic imine (C=N–C) groups is 1. The van der Waals surface area contributed by atoms with Gasteiger partial charge in [0, 0.05) is 36.2 Å². The van der Waals surface area contributed by atoms with Crippen molar-refractivity contribution in [1.29, 1.82) is 0 Å². The molecule has 1 saturated carbocycles. The van der Waals surface area contributed by atoms with Crippen molar-refractivity contribution in [3.8, 4) is 0 Å². The molecule has 2 fully saturated rings. The van der Waals surface area contributed by atoms with Crippen LogP contribution in [0.1, 0.15) is 63.6 Å². The van der Waals surface area contributed by atoms with Crippen molar-refractivity contribution in [2.45, 2.75) is 69.5 Å². The molecule has 1 saturated heterocycles. The highest BCUT2D eigenvalue weighted by Crippen LogP contribution is 2.37. The minimum atomic E-state index is -3.60. The Hall–Kier alpha value is -2.96. The summed E-state index contributed by atoms with van der Waals surface area (Å²) in [5.74, 6) is 1.91. The maximum atomic E-state index is 13.0. The zero-order valence-corrected chi connectivity index (χ0v) is 24.8. The smallest absolute Gasteiger partial charge is 0.228 e. The molecule has 0 spiro atoms. The van der Waals surface area contributed by atoms with E-state index in [9.17, 15) is 13.2 Å². The number of carbonyl (C=O) groups is 1. The van der Waals surface area contributed by atoms with E-state index >= 15 is 0 Å². The number of sulfone groups is 1. The van der Waals surface area contributed by atoms with E-state index in [1.165, 1.54) is 6.26 Å². The molecule has 10 nitrogen and oxygen atoms in total. The van der Waals surface area contributed by atoms with Gasteiger partial charge in [-0.25, -0.2) is 18.4 Å². The number of hydrogen-bond acceptors (Lipinski definition) is 9. The van der Waals surface area contributed by atoms with Crippen LogP contribution in [0.5, 0.6) is 0 Å². The number of aryl methyl sites for hydroxylation is 1. The number of amides is 1.